The van der Waals surface area contributed by atoms with Gasteiger partial charge in [-0.1, -0.05) is 12.1 Å². The van der Waals surface area contributed by atoms with E-state index >= 15 is 0 Å². The maximum absolute atomic E-state index is 12.5. The van der Waals surface area contributed by atoms with Crippen LogP contribution < -0.4 is 10.0 Å². The van der Waals surface area contributed by atoms with Crippen molar-refractivity contribution in [3.05, 3.63) is 24.3 Å². The van der Waals surface area contributed by atoms with Crippen LogP contribution in [-0.4, -0.2) is 44.4 Å². The number of halogens is 3. The minimum Gasteiger partial charge on any atom is -0.314 e. The molecule has 10 heteroatoms. The first-order valence-corrected chi connectivity index (χ1v) is 8.37. The molecule has 1 saturated heterocycles. The molecule has 2 rings (SSSR count). The van der Waals surface area contributed by atoms with E-state index in [9.17, 15) is 21.6 Å². The summed E-state index contributed by atoms with van der Waals surface area (Å²) >= 11 is -0.343. The number of hydrogen-bond acceptors (Lipinski definition) is 4. The summed E-state index contributed by atoms with van der Waals surface area (Å²) < 4.78 is 65.2. The first kappa shape index (κ1) is 16.4. The number of rotatable bonds is 4. The van der Waals surface area contributed by atoms with Gasteiger partial charge in [0.15, 0.2) is 0 Å². The van der Waals surface area contributed by atoms with E-state index in [1.54, 1.807) is 0 Å². The molecule has 21 heavy (non-hydrogen) atoms. The molecule has 0 amide bonds. The number of benzene rings is 1. The van der Waals surface area contributed by atoms with Crippen molar-refractivity contribution in [3.63, 3.8) is 0 Å². The summed E-state index contributed by atoms with van der Waals surface area (Å²) in [6, 6.07) is 5.45. The molecule has 0 unspecified atom stereocenters. The van der Waals surface area contributed by atoms with Crippen LogP contribution in [0.1, 0.15) is 0 Å². The molecule has 1 aliphatic heterocycles. The van der Waals surface area contributed by atoms with E-state index in [0.717, 1.165) is 0 Å². The molecule has 0 atom stereocenters. The van der Waals surface area contributed by atoms with Crippen molar-refractivity contribution < 1.29 is 21.6 Å². The third-order valence-corrected chi connectivity index (χ3v) is 5.10. The lowest BCUT2D eigenvalue weighted by Gasteiger charge is -2.27. The third kappa shape index (κ3) is 4.77. The van der Waals surface area contributed by atoms with Gasteiger partial charge in [-0.05, 0) is 23.9 Å². The molecule has 0 spiro atoms. The zero-order valence-electron chi connectivity index (χ0n) is 10.9. The van der Waals surface area contributed by atoms with Gasteiger partial charge < -0.3 is 5.32 Å². The van der Waals surface area contributed by atoms with Crippen molar-refractivity contribution in [2.75, 3.05) is 30.9 Å². The lowest BCUT2D eigenvalue weighted by atomic mass is 10.3. The molecule has 1 aromatic carbocycles. The van der Waals surface area contributed by atoms with Gasteiger partial charge in [-0.25, -0.2) is 0 Å². The summed E-state index contributed by atoms with van der Waals surface area (Å²) in [5, 5.41) is 3.01. The second-order valence-corrected chi connectivity index (χ2v) is 7.08. The summed E-state index contributed by atoms with van der Waals surface area (Å²) in [4.78, 5) is -0.177. The summed E-state index contributed by atoms with van der Waals surface area (Å²) in [5.41, 5.74) is -4.55. The van der Waals surface area contributed by atoms with Gasteiger partial charge in [-0.15, -0.1) is 0 Å². The number of anilines is 1. The average Bonchev–Trinajstić information content (AvgIpc) is 2.40. The Morgan fingerprint density at radius 2 is 1.81 bits per heavy atom. The summed E-state index contributed by atoms with van der Waals surface area (Å²) in [6.45, 7) is 1.59. The minimum atomic E-state index is -4.48. The Morgan fingerprint density at radius 1 is 1.19 bits per heavy atom. The van der Waals surface area contributed by atoms with Crippen molar-refractivity contribution in [3.8, 4) is 0 Å². The molecule has 1 fully saturated rings. The second kappa shape index (κ2) is 6.42. The molecule has 5 nitrogen and oxygen atoms in total. The Labute approximate surface area is 125 Å². The molecule has 0 aromatic heterocycles. The third-order valence-electron chi connectivity index (χ3n) is 2.77. The predicted octanol–water partition coefficient (Wildman–Crippen LogP) is 1.86. The van der Waals surface area contributed by atoms with E-state index in [1.807, 2.05) is 0 Å². The Balaban J connectivity index is 2.18. The number of piperazine rings is 1. The van der Waals surface area contributed by atoms with Gasteiger partial charge >= 0.3 is 15.7 Å². The van der Waals surface area contributed by atoms with E-state index in [2.05, 4.69) is 10.0 Å². The Hall–Kier alpha value is -0.970. The largest absolute Gasteiger partial charge is 0.446 e. The number of thioether (sulfide) groups is 1. The first-order chi connectivity index (χ1) is 9.78. The summed E-state index contributed by atoms with van der Waals surface area (Å²) in [5.74, 6) is 0. The molecule has 1 aliphatic rings. The van der Waals surface area contributed by atoms with Gasteiger partial charge in [-0.3, -0.25) is 4.72 Å². The van der Waals surface area contributed by atoms with Crippen LogP contribution in [0.25, 0.3) is 0 Å². The number of para-hydroxylation sites is 1. The summed E-state index contributed by atoms with van der Waals surface area (Å²) in [6.07, 6.45) is 0. The molecule has 0 bridgehead atoms. The Kier molecular flexibility index (Phi) is 5.02. The number of alkyl halides is 3. The second-order valence-electron chi connectivity index (χ2n) is 4.30. The van der Waals surface area contributed by atoms with Crippen LogP contribution in [0, 0.1) is 0 Å². The molecule has 0 aliphatic carbocycles. The topological polar surface area (TPSA) is 61.4 Å². The summed E-state index contributed by atoms with van der Waals surface area (Å²) in [7, 11) is -3.85. The SMILES string of the molecule is O=S(=O)(Nc1ccccc1SC(F)(F)F)N1CCNCC1. The fraction of sp³-hybridized carbons (Fsp3) is 0.455. The highest BCUT2D eigenvalue weighted by Gasteiger charge is 2.31. The molecule has 2 N–H and O–H groups in total. The highest BCUT2D eigenvalue weighted by molar-refractivity contribution is 8.00. The maximum Gasteiger partial charge on any atom is 0.446 e. The van der Waals surface area contributed by atoms with E-state index in [-0.39, 0.29) is 35.4 Å². The van der Waals surface area contributed by atoms with Crippen molar-refractivity contribution in [2.24, 2.45) is 0 Å². The zero-order chi connectivity index (χ0) is 15.5. The predicted molar refractivity (Wildman–Crippen MR) is 75.3 cm³/mol. The molecule has 0 radical (unpaired) electrons. The van der Waals surface area contributed by atoms with Crippen LogP contribution in [0.3, 0.4) is 0 Å². The fourth-order valence-corrected chi connectivity index (χ4v) is 3.79. The van der Waals surface area contributed by atoms with E-state index in [0.29, 0.717) is 13.1 Å². The van der Waals surface area contributed by atoms with Crippen LogP contribution in [0.2, 0.25) is 0 Å². The van der Waals surface area contributed by atoms with Crippen LogP contribution >= 0.6 is 11.8 Å². The maximum atomic E-state index is 12.5. The van der Waals surface area contributed by atoms with Crippen LogP contribution in [-0.2, 0) is 10.2 Å². The highest BCUT2D eigenvalue weighted by Crippen LogP contribution is 2.40. The Bertz CT molecular complexity index is 587. The van der Waals surface area contributed by atoms with Crippen molar-refractivity contribution in [2.45, 2.75) is 10.4 Å². The number of hydrogen-bond donors (Lipinski definition) is 2. The lowest BCUT2D eigenvalue weighted by Crippen LogP contribution is -2.48. The lowest BCUT2D eigenvalue weighted by molar-refractivity contribution is -0.0327. The van der Waals surface area contributed by atoms with Crippen LogP contribution in [0.15, 0.2) is 29.2 Å². The molecular weight excluding hydrogens is 327 g/mol. The molecule has 118 valence electrons. The van der Waals surface area contributed by atoms with Crippen LogP contribution in [0.5, 0.6) is 0 Å². The normalized spacial score (nSPS) is 17.7. The van der Waals surface area contributed by atoms with Crippen molar-refractivity contribution >= 4 is 27.7 Å². The quantitative estimate of drug-likeness (QED) is 0.821. The van der Waals surface area contributed by atoms with E-state index in [1.165, 1.54) is 28.6 Å². The Morgan fingerprint density at radius 3 is 2.43 bits per heavy atom. The average molecular weight is 341 g/mol. The van der Waals surface area contributed by atoms with Gasteiger partial charge in [0.1, 0.15) is 0 Å². The van der Waals surface area contributed by atoms with Gasteiger partial charge in [0, 0.05) is 31.1 Å². The first-order valence-electron chi connectivity index (χ1n) is 6.11. The molecule has 1 heterocycles. The molecule has 0 saturated carbocycles. The van der Waals surface area contributed by atoms with Gasteiger partial charge in [-0.2, -0.15) is 25.9 Å². The standard InChI is InChI=1S/C11H14F3N3O2S2/c12-11(13,14)20-10-4-2-1-3-9(10)16-21(18,19)17-7-5-15-6-8-17/h1-4,15-16H,5-8H2. The van der Waals surface area contributed by atoms with Gasteiger partial charge in [0.2, 0.25) is 0 Å². The molecule has 1 aromatic rings. The van der Waals surface area contributed by atoms with Crippen molar-refractivity contribution in [1.82, 2.24) is 9.62 Å². The van der Waals surface area contributed by atoms with Gasteiger partial charge in [0.05, 0.1) is 5.69 Å². The molecular formula is C11H14F3N3O2S2. The minimum absolute atomic E-state index is 0.0710. The van der Waals surface area contributed by atoms with E-state index < -0.39 is 15.7 Å². The smallest absolute Gasteiger partial charge is 0.314 e. The van der Waals surface area contributed by atoms with E-state index in [4.69, 9.17) is 0 Å². The number of nitrogens with zero attached hydrogens (tertiary/aromatic N) is 1. The van der Waals surface area contributed by atoms with Crippen LogP contribution in [0.4, 0.5) is 18.9 Å². The van der Waals surface area contributed by atoms with Crippen molar-refractivity contribution in [1.29, 1.82) is 0 Å². The number of nitrogens with one attached hydrogen (secondary N) is 2. The zero-order valence-corrected chi connectivity index (χ0v) is 12.5. The fourth-order valence-electron chi connectivity index (χ4n) is 1.85. The highest BCUT2D eigenvalue weighted by atomic mass is 32.2. The van der Waals surface area contributed by atoms with Gasteiger partial charge in [0.25, 0.3) is 0 Å². The monoisotopic (exact) mass is 341 g/mol.